The Hall–Kier alpha value is -0.240. The molecule has 176 valence electrons. The highest BCUT2D eigenvalue weighted by Gasteiger charge is 2.48. The summed E-state index contributed by atoms with van der Waals surface area (Å²) in [6.07, 6.45) is 24.9. The second kappa shape index (κ2) is 14.8. The van der Waals surface area contributed by atoms with Crippen LogP contribution in [0.1, 0.15) is 128 Å². The predicted octanol–water partition coefficient (Wildman–Crippen LogP) is 7.48. The van der Waals surface area contributed by atoms with E-state index >= 15 is 0 Å². The van der Waals surface area contributed by atoms with E-state index in [4.69, 9.17) is 19.9 Å². The molecule has 0 aromatic carbocycles. The molecule has 2 aliphatic carbocycles. The molecule has 2 saturated carbocycles. The van der Waals surface area contributed by atoms with Gasteiger partial charge >= 0.3 is 0 Å². The van der Waals surface area contributed by atoms with Crippen LogP contribution < -0.4 is 0 Å². The summed E-state index contributed by atoms with van der Waals surface area (Å²) in [5.74, 6) is 1.06. The van der Waals surface area contributed by atoms with Crippen molar-refractivity contribution in [3.63, 3.8) is 0 Å². The van der Waals surface area contributed by atoms with Gasteiger partial charge in [-0.15, -0.1) is 0 Å². The number of hydrogen-bond acceptors (Lipinski definition) is 6. The Morgan fingerprint density at radius 2 is 0.900 bits per heavy atom. The molecule has 1 saturated heterocycles. The maximum Gasteiger partial charge on any atom is 0.112 e. The fourth-order valence-corrected chi connectivity index (χ4v) is 6.06. The number of rotatable bonds is 2. The fourth-order valence-electron chi connectivity index (χ4n) is 6.06. The maximum absolute atomic E-state index is 6.17. The standard InChI is InChI=1S/C24H44O6/c1-2-4-6-14-20-24(22-16-10-8-11-17-22,23-18-12-9-13-19-23)26-28-30-29-27-25-21-15-7-5-3-1/h22-23H,1-21H2. The topological polar surface area (TPSA) is 55.4 Å². The lowest BCUT2D eigenvalue weighted by atomic mass is 9.64. The Balaban J connectivity index is 1.63. The molecule has 1 aliphatic heterocycles. The SMILES string of the molecule is C1CCCCCOOOOOOC(C2CCCCC2)(C2CCCCC2)CCCCC1. The molecule has 6 heteroatoms. The van der Waals surface area contributed by atoms with Gasteiger partial charge in [0.15, 0.2) is 0 Å². The summed E-state index contributed by atoms with van der Waals surface area (Å²) in [4.78, 5) is 11.2. The highest BCUT2D eigenvalue weighted by Crippen LogP contribution is 2.48. The Kier molecular flexibility index (Phi) is 12.0. The van der Waals surface area contributed by atoms with E-state index in [9.17, 15) is 0 Å². The van der Waals surface area contributed by atoms with Crippen LogP contribution in [-0.2, 0) is 29.9 Å². The molecule has 0 spiro atoms. The summed E-state index contributed by atoms with van der Waals surface area (Å²) in [6, 6.07) is 0. The van der Waals surface area contributed by atoms with E-state index in [0.717, 1.165) is 19.3 Å². The largest absolute Gasteiger partial charge is 0.204 e. The highest BCUT2D eigenvalue weighted by atomic mass is 17.8. The third kappa shape index (κ3) is 8.03. The third-order valence-electron chi connectivity index (χ3n) is 7.71. The lowest BCUT2D eigenvalue weighted by Crippen LogP contribution is -2.49. The molecule has 3 aliphatic rings. The first-order chi connectivity index (χ1) is 14.9. The highest BCUT2D eigenvalue weighted by molar-refractivity contribution is 4.95. The van der Waals surface area contributed by atoms with Crippen LogP contribution in [0.25, 0.3) is 0 Å². The van der Waals surface area contributed by atoms with Crippen LogP contribution in [0.15, 0.2) is 0 Å². The zero-order chi connectivity index (χ0) is 20.7. The van der Waals surface area contributed by atoms with Crippen molar-refractivity contribution >= 4 is 0 Å². The molecule has 6 nitrogen and oxygen atoms in total. The molecule has 0 N–H and O–H groups in total. The van der Waals surface area contributed by atoms with Gasteiger partial charge in [0.05, 0.1) is 6.61 Å². The van der Waals surface area contributed by atoms with Crippen molar-refractivity contribution in [1.29, 1.82) is 0 Å². The van der Waals surface area contributed by atoms with Crippen LogP contribution in [0.4, 0.5) is 0 Å². The zero-order valence-electron chi connectivity index (χ0n) is 19.0. The number of hydrogen-bond donors (Lipinski definition) is 0. The molecule has 0 atom stereocenters. The van der Waals surface area contributed by atoms with Crippen LogP contribution in [0, 0.1) is 11.8 Å². The van der Waals surface area contributed by atoms with Gasteiger partial charge in [0.1, 0.15) is 5.60 Å². The minimum absolute atomic E-state index is 0.281. The fraction of sp³-hybridized carbons (Fsp3) is 1.00. The van der Waals surface area contributed by atoms with Gasteiger partial charge in [-0.2, -0.15) is 4.89 Å². The summed E-state index contributed by atoms with van der Waals surface area (Å²) in [6.45, 7) is 0.484. The first-order valence-corrected chi connectivity index (χ1v) is 12.9. The molecule has 0 aromatic heterocycles. The van der Waals surface area contributed by atoms with E-state index in [1.165, 1.54) is 109 Å². The normalized spacial score (nSPS) is 28.4. The van der Waals surface area contributed by atoms with E-state index in [0.29, 0.717) is 18.4 Å². The molecule has 0 radical (unpaired) electrons. The Morgan fingerprint density at radius 3 is 1.50 bits per heavy atom. The molecular formula is C24H44O6. The average Bonchev–Trinajstić information content (AvgIpc) is 2.80. The second-order valence-corrected chi connectivity index (χ2v) is 9.73. The Labute approximate surface area is 182 Å². The van der Waals surface area contributed by atoms with Crippen LogP contribution in [0.5, 0.6) is 0 Å². The summed E-state index contributed by atoms with van der Waals surface area (Å²) in [7, 11) is 0. The van der Waals surface area contributed by atoms with Crippen molar-refractivity contribution in [3.05, 3.63) is 0 Å². The van der Waals surface area contributed by atoms with E-state index in [1.54, 1.807) is 0 Å². The first kappa shape index (κ1) is 24.4. The lowest BCUT2D eigenvalue weighted by Gasteiger charge is -2.47. The van der Waals surface area contributed by atoms with Crippen molar-refractivity contribution < 1.29 is 29.9 Å². The molecule has 0 amide bonds. The molecule has 0 bridgehead atoms. The molecule has 1 heterocycles. The molecule has 30 heavy (non-hydrogen) atoms. The minimum Gasteiger partial charge on any atom is -0.204 e. The van der Waals surface area contributed by atoms with Gasteiger partial charge in [0, 0.05) is 0 Å². The van der Waals surface area contributed by atoms with E-state index in [2.05, 4.69) is 10.1 Å². The third-order valence-corrected chi connectivity index (χ3v) is 7.71. The van der Waals surface area contributed by atoms with Gasteiger partial charge in [-0.25, -0.2) is 4.89 Å². The lowest BCUT2D eigenvalue weighted by molar-refractivity contribution is -0.765. The van der Waals surface area contributed by atoms with Gasteiger partial charge in [-0.3, -0.25) is 0 Å². The predicted molar refractivity (Wildman–Crippen MR) is 113 cm³/mol. The van der Waals surface area contributed by atoms with E-state index in [1.807, 2.05) is 0 Å². The zero-order valence-corrected chi connectivity index (χ0v) is 19.0. The van der Waals surface area contributed by atoms with Crippen molar-refractivity contribution in [2.45, 2.75) is 134 Å². The molecule has 0 aromatic rings. The smallest absolute Gasteiger partial charge is 0.112 e. The Morgan fingerprint density at radius 1 is 0.433 bits per heavy atom. The van der Waals surface area contributed by atoms with Crippen LogP contribution in [0.3, 0.4) is 0 Å². The van der Waals surface area contributed by atoms with Crippen molar-refractivity contribution in [2.75, 3.05) is 6.61 Å². The van der Waals surface area contributed by atoms with Crippen LogP contribution in [-0.4, -0.2) is 12.2 Å². The van der Waals surface area contributed by atoms with Crippen LogP contribution >= 0.6 is 0 Å². The van der Waals surface area contributed by atoms with E-state index < -0.39 is 0 Å². The molecule has 3 fully saturated rings. The van der Waals surface area contributed by atoms with Crippen molar-refractivity contribution in [1.82, 2.24) is 0 Å². The van der Waals surface area contributed by atoms with Gasteiger partial charge < -0.3 is 0 Å². The van der Waals surface area contributed by atoms with E-state index in [-0.39, 0.29) is 5.60 Å². The maximum atomic E-state index is 6.17. The van der Waals surface area contributed by atoms with Gasteiger partial charge in [0.25, 0.3) is 0 Å². The second-order valence-electron chi connectivity index (χ2n) is 9.73. The van der Waals surface area contributed by atoms with Gasteiger partial charge in [-0.05, 0) is 70.5 Å². The molecule has 3 rings (SSSR count). The van der Waals surface area contributed by atoms with Crippen molar-refractivity contribution in [2.24, 2.45) is 11.8 Å². The summed E-state index contributed by atoms with van der Waals surface area (Å²) in [5.41, 5.74) is -0.281. The Bertz CT molecular complexity index is 382. The first-order valence-electron chi connectivity index (χ1n) is 12.9. The van der Waals surface area contributed by atoms with Crippen molar-refractivity contribution in [3.8, 4) is 0 Å². The quantitative estimate of drug-likeness (QED) is 0.425. The van der Waals surface area contributed by atoms with Crippen LogP contribution in [0.2, 0.25) is 0 Å². The summed E-state index contributed by atoms with van der Waals surface area (Å²) < 4.78 is 0. The minimum atomic E-state index is -0.281. The molecular weight excluding hydrogens is 384 g/mol. The monoisotopic (exact) mass is 428 g/mol. The summed E-state index contributed by atoms with van der Waals surface area (Å²) >= 11 is 0. The van der Waals surface area contributed by atoms with Gasteiger partial charge in [-0.1, -0.05) is 89.9 Å². The average molecular weight is 429 g/mol. The van der Waals surface area contributed by atoms with Gasteiger partial charge in [0.2, 0.25) is 0 Å². The summed E-state index contributed by atoms with van der Waals surface area (Å²) in [5, 5.41) is 19.1. The molecule has 0 unspecified atom stereocenters.